The quantitative estimate of drug-likeness (QED) is 0.567. The molecule has 1 amide bonds. The molecule has 0 bridgehead atoms. The second-order valence-electron chi connectivity index (χ2n) is 6.02. The molecular formula is C12H20F3NO5S. The monoisotopic (exact) mass is 347 g/mol. The lowest BCUT2D eigenvalue weighted by Gasteiger charge is -2.26. The lowest BCUT2D eigenvalue weighted by molar-refractivity contribution is -0.0578. The maximum Gasteiger partial charge on any atom is 0.523 e. The van der Waals surface area contributed by atoms with Crippen LogP contribution < -0.4 is 0 Å². The Morgan fingerprint density at radius 2 is 1.73 bits per heavy atom. The number of amides is 1. The number of nitrogens with zero attached hydrogens (tertiary/aromatic N) is 1. The van der Waals surface area contributed by atoms with Crippen LogP contribution in [0.25, 0.3) is 0 Å². The van der Waals surface area contributed by atoms with E-state index in [2.05, 4.69) is 4.18 Å². The Morgan fingerprint density at radius 3 is 2.23 bits per heavy atom. The fourth-order valence-corrected chi connectivity index (χ4v) is 2.56. The van der Waals surface area contributed by atoms with Gasteiger partial charge in [-0.3, -0.25) is 4.18 Å². The minimum absolute atomic E-state index is 0.00540. The Bertz CT molecular complexity index is 498. The predicted molar refractivity (Wildman–Crippen MR) is 71.5 cm³/mol. The van der Waals surface area contributed by atoms with E-state index < -0.39 is 33.4 Å². The molecule has 1 fully saturated rings. The number of carbonyl (C=O) groups excluding carboxylic acids is 1. The van der Waals surface area contributed by atoms with Crippen LogP contribution in [0.5, 0.6) is 0 Å². The first-order valence-electron chi connectivity index (χ1n) is 6.79. The van der Waals surface area contributed by atoms with Gasteiger partial charge >= 0.3 is 21.7 Å². The van der Waals surface area contributed by atoms with Gasteiger partial charge in [-0.1, -0.05) is 0 Å². The summed E-state index contributed by atoms with van der Waals surface area (Å²) in [5.41, 5.74) is -6.12. The summed E-state index contributed by atoms with van der Waals surface area (Å²) in [6, 6.07) is 0. The molecule has 1 rings (SSSR count). The third kappa shape index (κ3) is 5.64. The Kier molecular flexibility index (Phi) is 5.71. The van der Waals surface area contributed by atoms with E-state index in [0.29, 0.717) is 6.42 Å². The van der Waals surface area contributed by atoms with E-state index in [-0.39, 0.29) is 25.9 Å². The number of hydrogen-bond donors (Lipinski definition) is 0. The fourth-order valence-electron chi connectivity index (χ4n) is 1.90. The zero-order valence-corrected chi connectivity index (χ0v) is 13.5. The molecule has 1 aliphatic heterocycles. The highest BCUT2D eigenvalue weighted by atomic mass is 32.2. The van der Waals surface area contributed by atoms with E-state index in [1.54, 1.807) is 20.8 Å². The Balaban J connectivity index is 2.62. The number of likely N-dealkylation sites (tertiary alicyclic amines) is 1. The zero-order chi connectivity index (χ0) is 17.2. The van der Waals surface area contributed by atoms with Crippen LogP contribution in [0.2, 0.25) is 0 Å². The number of rotatable bonds is 2. The summed E-state index contributed by atoms with van der Waals surface area (Å²) in [7, 11) is -5.61. The van der Waals surface area contributed by atoms with Gasteiger partial charge in [-0.15, -0.1) is 0 Å². The Hall–Kier alpha value is -1.03. The normalized spacial score (nSPS) is 21.4. The molecule has 1 unspecified atom stereocenters. The molecule has 0 saturated carbocycles. The average molecular weight is 347 g/mol. The van der Waals surface area contributed by atoms with E-state index in [0.717, 1.165) is 0 Å². The van der Waals surface area contributed by atoms with Gasteiger partial charge in [-0.25, -0.2) is 4.79 Å². The summed E-state index contributed by atoms with van der Waals surface area (Å²) in [5, 5.41) is 0. The van der Waals surface area contributed by atoms with Crippen molar-refractivity contribution in [2.45, 2.75) is 57.2 Å². The number of ether oxygens (including phenoxy) is 1. The van der Waals surface area contributed by atoms with Gasteiger partial charge in [-0.2, -0.15) is 21.6 Å². The van der Waals surface area contributed by atoms with Crippen LogP contribution in [0.4, 0.5) is 18.0 Å². The average Bonchev–Trinajstić information content (AvgIpc) is 2.50. The highest BCUT2D eigenvalue weighted by Gasteiger charge is 2.48. The molecule has 0 spiro atoms. The maximum absolute atomic E-state index is 12.3. The van der Waals surface area contributed by atoms with Crippen molar-refractivity contribution in [3.05, 3.63) is 0 Å². The minimum Gasteiger partial charge on any atom is -0.444 e. The molecule has 0 radical (unpaired) electrons. The van der Waals surface area contributed by atoms with E-state index in [4.69, 9.17) is 4.74 Å². The van der Waals surface area contributed by atoms with Gasteiger partial charge in [0.15, 0.2) is 0 Å². The molecule has 0 aromatic rings. The van der Waals surface area contributed by atoms with Crippen LogP contribution in [-0.2, 0) is 19.0 Å². The van der Waals surface area contributed by atoms with Crippen molar-refractivity contribution < 1.29 is 35.3 Å². The third-order valence-corrected chi connectivity index (χ3v) is 3.97. The van der Waals surface area contributed by atoms with Gasteiger partial charge in [0.2, 0.25) is 0 Å². The van der Waals surface area contributed by atoms with Crippen molar-refractivity contribution in [3.63, 3.8) is 0 Å². The SMILES string of the molecule is CC(C)(C)OC(=O)N1CCCC(OS(=O)(=O)C(F)(F)F)CC1. The van der Waals surface area contributed by atoms with Gasteiger partial charge in [0.1, 0.15) is 5.60 Å². The maximum atomic E-state index is 12.3. The molecule has 130 valence electrons. The van der Waals surface area contributed by atoms with Crippen LogP contribution >= 0.6 is 0 Å². The first-order valence-corrected chi connectivity index (χ1v) is 8.20. The van der Waals surface area contributed by atoms with Crippen molar-refractivity contribution in [1.29, 1.82) is 0 Å². The second kappa shape index (κ2) is 6.61. The van der Waals surface area contributed by atoms with E-state index in [1.807, 2.05) is 0 Å². The molecule has 0 N–H and O–H groups in total. The molecule has 22 heavy (non-hydrogen) atoms. The molecule has 0 aromatic heterocycles. The molecule has 1 saturated heterocycles. The van der Waals surface area contributed by atoms with Crippen LogP contribution in [0.1, 0.15) is 40.0 Å². The van der Waals surface area contributed by atoms with Gasteiger partial charge in [0, 0.05) is 13.1 Å². The van der Waals surface area contributed by atoms with E-state index in [9.17, 15) is 26.4 Å². The number of hydrogen-bond acceptors (Lipinski definition) is 5. The highest BCUT2D eigenvalue weighted by molar-refractivity contribution is 7.87. The number of alkyl halides is 3. The minimum atomic E-state index is -5.61. The molecule has 1 atom stereocenters. The second-order valence-corrected chi connectivity index (χ2v) is 7.58. The van der Waals surface area contributed by atoms with Crippen molar-refractivity contribution in [2.24, 2.45) is 0 Å². The predicted octanol–water partition coefficient (Wildman–Crippen LogP) is 2.64. The van der Waals surface area contributed by atoms with Crippen LogP contribution in [-0.4, -0.2) is 49.7 Å². The topological polar surface area (TPSA) is 72.9 Å². The fraction of sp³-hybridized carbons (Fsp3) is 0.917. The molecule has 1 aliphatic rings. The molecule has 1 heterocycles. The first-order chi connectivity index (χ1) is 9.82. The summed E-state index contributed by atoms with van der Waals surface area (Å²) in [5.74, 6) is 0. The smallest absolute Gasteiger partial charge is 0.444 e. The number of carbonyl (C=O) groups is 1. The highest BCUT2D eigenvalue weighted by Crippen LogP contribution is 2.28. The molecule has 0 aromatic carbocycles. The van der Waals surface area contributed by atoms with Crippen molar-refractivity contribution in [2.75, 3.05) is 13.1 Å². The van der Waals surface area contributed by atoms with Crippen molar-refractivity contribution >= 4 is 16.2 Å². The van der Waals surface area contributed by atoms with Crippen LogP contribution in [0.15, 0.2) is 0 Å². The lowest BCUT2D eigenvalue weighted by atomic mass is 10.2. The Labute approximate surface area is 127 Å². The zero-order valence-electron chi connectivity index (χ0n) is 12.6. The van der Waals surface area contributed by atoms with Gasteiger partial charge in [0.25, 0.3) is 0 Å². The number of halogens is 3. The summed E-state index contributed by atoms with van der Waals surface area (Å²) in [4.78, 5) is 13.2. The van der Waals surface area contributed by atoms with Crippen LogP contribution in [0.3, 0.4) is 0 Å². The largest absolute Gasteiger partial charge is 0.523 e. The standard InChI is InChI=1S/C12H20F3NO5S/c1-11(2,3)20-10(17)16-7-4-5-9(6-8-16)21-22(18,19)12(13,14)15/h9H,4-8H2,1-3H3. The van der Waals surface area contributed by atoms with Crippen LogP contribution in [0, 0.1) is 0 Å². The molecular weight excluding hydrogens is 327 g/mol. The summed E-state index contributed by atoms with van der Waals surface area (Å²) >= 11 is 0. The lowest BCUT2D eigenvalue weighted by Crippen LogP contribution is -2.37. The van der Waals surface area contributed by atoms with Gasteiger partial charge in [0.05, 0.1) is 6.10 Å². The van der Waals surface area contributed by atoms with E-state index >= 15 is 0 Å². The van der Waals surface area contributed by atoms with Crippen molar-refractivity contribution in [1.82, 2.24) is 4.90 Å². The van der Waals surface area contributed by atoms with Gasteiger partial charge < -0.3 is 9.64 Å². The summed E-state index contributed by atoms with van der Waals surface area (Å²) in [6.45, 7) is 5.45. The molecule has 0 aliphatic carbocycles. The molecule has 10 heteroatoms. The Morgan fingerprint density at radius 1 is 1.14 bits per heavy atom. The molecule has 6 nitrogen and oxygen atoms in total. The summed E-state index contributed by atoms with van der Waals surface area (Å²) in [6.07, 6.45) is -1.23. The first kappa shape index (κ1) is 19.0. The van der Waals surface area contributed by atoms with Gasteiger partial charge in [-0.05, 0) is 40.0 Å². The third-order valence-electron chi connectivity index (χ3n) is 2.87. The van der Waals surface area contributed by atoms with E-state index in [1.165, 1.54) is 4.90 Å². The van der Waals surface area contributed by atoms with Crippen molar-refractivity contribution in [3.8, 4) is 0 Å². The summed E-state index contributed by atoms with van der Waals surface area (Å²) < 4.78 is 68.2.